The first-order valence-electron chi connectivity index (χ1n) is 14.1. The van der Waals surface area contributed by atoms with E-state index < -0.39 is 18.3 Å². The zero-order valence-electron chi connectivity index (χ0n) is 24.5. The normalized spacial score (nSPS) is 21.1. The third kappa shape index (κ3) is 7.67. The molecule has 40 heavy (non-hydrogen) atoms. The van der Waals surface area contributed by atoms with E-state index in [1.165, 1.54) is 6.07 Å². The van der Waals surface area contributed by atoms with Crippen molar-refractivity contribution in [1.29, 1.82) is 0 Å². The molecular weight excluding hydrogens is 628 g/mol. The van der Waals surface area contributed by atoms with Gasteiger partial charge >= 0.3 is 7.12 Å². The van der Waals surface area contributed by atoms with Crippen LogP contribution in [0.5, 0.6) is 0 Å². The van der Waals surface area contributed by atoms with Gasteiger partial charge in [-0.15, -0.1) is 0 Å². The molecule has 3 aliphatic heterocycles. The van der Waals surface area contributed by atoms with E-state index in [9.17, 15) is 8.78 Å². The number of halogens is 3. The summed E-state index contributed by atoms with van der Waals surface area (Å²) < 4.78 is 51.3. The van der Waals surface area contributed by atoms with E-state index in [4.69, 9.17) is 18.8 Å². The van der Waals surface area contributed by atoms with Gasteiger partial charge in [-0.3, -0.25) is 0 Å². The SMILES string of the molecule is CN(c1cc(F)cc(B2OC(C)(C)C(C)(C)O2)c1)C1CCOCC1.CN(c1cc(F)cc(I)c1)C1CCOCC1. The van der Waals surface area contributed by atoms with E-state index in [1.807, 2.05) is 53.9 Å². The van der Waals surface area contributed by atoms with Crippen molar-refractivity contribution in [3.63, 3.8) is 0 Å². The van der Waals surface area contributed by atoms with Crippen LogP contribution in [0, 0.1) is 15.2 Å². The Morgan fingerprint density at radius 1 is 0.700 bits per heavy atom. The number of hydrogen-bond donors (Lipinski definition) is 0. The highest BCUT2D eigenvalue weighted by molar-refractivity contribution is 14.1. The predicted molar refractivity (Wildman–Crippen MR) is 166 cm³/mol. The monoisotopic (exact) mass is 670 g/mol. The third-order valence-corrected chi connectivity index (χ3v) is 9.19. The molecule has 0 radical (unpaired) electrons. The summed E-state index contributed by atoms with van der Waals surface area (Å²) in [5.74, 6) is -0.433. The van der Waals surface area contributed by atoms with Crippen molar-refractivity contribution in [3.8, 4) is 0 Å². The van der Waals surface area contributed by atoms with Crippen LogP contribution >= 0.6 is 22.6 Å². The first-order valence-corrected chi connectivity index (χ1v) is 15.2. The molecule has 0 atom stereocenters. The second-order valence-electron chi connectivity index (χ2n) is 11.9. The fraction of sp³-hybridized carbons (Fsp3) is 0.600. The van der Waals surface area contributed by atoms with Gasteiger partial charge in [0.15, 0.2) is 0 Å². The molecule has 3 saturated heterocycles. The van der Waals surface area contributed by atoms with Gasteiger partial charge in [0, 0.05) is 67.6 Å². The quantitative estimate of drug-likeness (QED) is 0.297. The van der Waals surface area contributed by atoms with Gasteiger partial charge in [-0.25, -0.2) is 8.78 Å². The fourth-order valence-electron chi connectivity index (χ4n) is 5.22. The molecule has 2 aromatic rings. The molecule has 2 aromatic carbocycles. The van der Waals surface area contributed by atoms with Crippen molar-refractivity contribution in [2.24, 2.45) is 0 Å². The molecule has 6 nitrogen and oxygen atoms in total. The summed E-state index contributed by atoms with van der Waals surface area (Å²) in [4.78, 5) is 4.30. The molecule has 0 amide bonds. The summed E-state index contributed by atoms with van der Waals surface area (Å²) in [6, 6.07) is 11.0. The lowest BCUT2D eigenvalue weighted by molar-refractivity contribution is 0.00578. The van der Waals surface area contributed by atoms with E-state index in [0.29, 0.717) is 12.1 Å². The molecule has 10 heteroatoms. The predicted octanol–water partition coefficient (Wildman–Crippen LogP) is 5.79. The van der Waals surface area contributed by atoms with Crippen LogP contribution in [0.1, 0.15) is 53.4 Å². The minimum Gasteiger partial charge on any atom is -0.399 e. The average molecular weight is 670 g/mol. The van der Waals surface area contributed by atoms with Crippen LogP contribution < -0.4 is 15.3 Å². The Morgan fingerprint density at radius 3 is 1.57 bits per heavy atom. The first-order chi connectivity index (χ1) is 18.9. The number of benzene rings is 2. The van der Waals surface area contributed by atoms with Crippen LogP contribution in [0.4, 0.5) is 20.2 Å². The summed E-state index contributed by atoms with van der Waals surface area (Å²) in [6.45, 7) is 11.1. The first kappa shape index (κ1) is 31.5. The van der Waals surface area contributed by atoms with Crippen molar-refractivity contribution >= 4 is 46.5 Å². The topological polar surface area (TPSA) is 43.4 Å². The minimum atomic E-state index is -0.549. The highest BCUT2D eigenvalue weighted by atomic mass is 127. The van der Waals surface area contributed by atoms with Gasteiger partial charge in [-0.2, -0.15) is 0 Å². The number of ether oxygens (including phenoxy) is 2. The van der Waals surface area contributed by atoms with E-state index in [-0.39, 0.29) is 11.6 Å². The number of rotatable bonds is 5. The van der Waals surface area contributed by atoms with Crippen LogP contribution in [0.25, 0.3) is 0 Å². The molecule has 0 bridgehead atoms. The van der Waals surface area contributed by atoms with Crippen LogP contribution in [0.15, 0.2) is 36.4 Å². The lowest BCUT2D eigenvalue weighted by Gasteiger charge is -2.33. The van der Waals surface area contributed by atoms with Crippen molar-refractivity contribution in [2.45, 2.75) is 76.7 Å². The minimum absolute atomic E-state index is 0.166. The van der Waals surface area contributed by atoms with Crippen molar-refractivity contribution in [3.05, 3.63) is 51.6 Å². The summed E-state index contributed by atoms with van der Waals surface area (Å²) in [7, 11) is 3.49. The van der Waals surface area contributed by atoms with Gasteiger partial charge in [0.2, 0.25) is 0 Å². The molecule has 3 aliphatic rings. The highest BCUT2D eigenvalue weighted by Crippen LogP contribution is 2.37. The Morgan fingerprint density at radius 2 is 1.12 bits per heavy atom. The Labute approximate surface area is 252 Å². The molecule has 5 rings (SSSR count). The van der Waals surface area contributed by atoms with E-state index in [0.717, 1.165) is 72.5 Å². The van der Waals surface area contributed by atoms with E-state index in [2.05, 4.69) is 32.4 Å². The van der Waals surface area contributed by atoms with Crippen molar-refractivity contribution < 1.29 is 27.6 Å². The molecule has 0 aromatic heterocycles. The van der Waals surface area contributed by atoms with Crippen molar-refractivity contribution in [2.75, 3.05) is 50.3 Å². The smallest absolute Gasteiger partial charge is 0.399 e. The number of anilines is 2. The standard InChI is InChI=1S/C18H27BFNO3.C12H15FINO/c1-17(2)18(3,4)24-19(23-17)13-10-14(20)12-16(11-13)21(5)15-6-8-22-9-7-15;1-15(11-2-4-16-5-3-11)12-7-9(13)6-10(14)8-12/h10-12,15H,6-9H2,1-5H3;6-8,11H,2-5H2,1H3. The Kier molecular flexibility index (Phi) is 10.4. The Bertz CT molecular complexity index is 1110. The second-order valence-corrected chi connectivity index (χ2v) is 13.1. The lowest BCUT2D eigenvalue weighted by atomic mass is 9.78. The molecule has 0 unspecified atom stereocenters. The maximum atomic E-state index is 14.2. The van der Waals surface area contributed by atoms with Crippen LogP contribution in [-0.2, 0) is 18.8 Å². The largest absolute Gasteiger partial charge is 0.495 e. The zero-order valence-corrected chi connectivity index (χ0v) is 26.7. The molecule has 0 saturated carbocycles. The van der Waals surface area contributed by atoms with Crippen LogP contribution in [0.2, 0.25) is 0 Å². The second kappa shape index (κ2) is 13.2. The molecule has 0 aliphatic carbocycles. The maximum absolute atomic E-state index is 14.2. The third-order valence-electron chi connectivity index (χ3n) is 8.57. The van der Waals surface area contributed by atoms with Gasteiger partial charge in [0.1, 0.15) is 11.6 Å². The number of hydrogen-bond acceptors (Lipinski definition) is 6. The van der Waals surface area contributed by atoms with Gasteiger partial charge in [-0.05, 0) is 118 Å². The van der Waals surface area contributed by atoms with Crippen LogP contribution in [0.3, 0.4) is 0 Å². The summed E-state index contributed by atoms with van der Waals surface area (Å²) in [6.07, 6.45) is 3.95. The Hall–Kier alpha value is -1.47. The summed E-state index contributed by atoms with van der Waals surface area (Å²) >= 11 is 2.14. The van der Waals surface area contributed by atoms with Gasteiger partial charge < -0.3 is 28.6 Å². The average Bonchev–Trinajstić information content (AvgIpc) is 3.14. The van der Waals surface area contributed by atoms with Gasteiger partial charge in [-0.1, -0.05) is 0 Å². The molecule has 0 spiro atoms. The van der Waals surface area contributed by atoms with E-state index in [1.54, 1.807) is 18.2 Å². The number of nitrogens with zero attached hydrogens (tertiary/aromatic N) is 2. The van der Waals surface area contributed by atoms with E-state index >= 15 is 0 Å². The Balaban J connectivity index is 0.000000201. The van der Waals surface area contributed by atoms with Crippen molar-refractivity contribution in [1.82, 2.24) is 0 Å². The summed E-state index contributed by atoms with van der Waals surface area (Å²) in [5.41, 5.74) is 1.67. The lowest BCUT2D eigenvalue weighted by Crippen LogP contribution is -2.41. The van der Waals surface area contributed by atoms with Gasteiger partial charge in [0.25, 0.3) is 0 Å². The molecule has 0 N–H and O–H groups in total. The van der Waals surface area contributed by atoms with Gasteiger partial charge in [0.05, 0.1) is 11.2 Å². The maximum Gasteiger partial charge on any atom is 0.495 e. The molecule has 3 heterocycles. The zero-order chi connectivity index (χ0) is 29.1. The fourth-order valence-corrected chi connectivity index (χ4v) is 5.84. The molecule has 3 fully saturated rings. The molecular formula is C30H42BF2IN2O4. The molecule has 220 valence electrons. The summed E-state index contributed by atoms with van der Waals surface area (Å²) in [5, 5.41) is 0. The highest BCUT2D eigenvalue weighted by Gasteiger charge is 2.51. The van der Waals surface area contributed by atoms with Crippen LogP contribution in [-0.4, -0.2) is 70.9 Å².